The maximum absolute atomic E-state index is 5.86. The smallest absolute Gasteiger partial charge is 0.131 e. The van der Waals surface area contributed by atoms with Crippen LogP contribution in [0.5, 0.6) is 0 Å². The third-order valence-electron chi connectivity index (χ3n) is 2.15. The van der Waals surface area contributed by atoms with E-state index in [4.69, 9.17) is 11.6 Å². The zero-order valence-corrected chi connectivity index (χ0v) is 11.5. The molecule has 0 aliphatic carbocycles. The van der Waals surface area contributed by atoms with Crippen LogP contribution in [0.3, 0.4) is 0 Å². The zero-order chi connectivity index (χ0) is 12.4. The Kier molecular flexibility index (Phi) is 3.84. The fraction of sp³-hybridized carbons (Fsp3) is 0.615. The number of pyridine rings is 1. The first-order valence-electron chi connectivity index (χ1n) is 5.59. The van der Waals surface area contributed by atoms with Crippen LogP contribution in [0.1, 0.15) is 41.0 Å². The summed E-state index contributed by atoms with van der Waals surface area (Å²) in [5.41, 5.74) is 0.297. The molecule has 0 unspecified atom stereocenters. The molecule has 1 rings (SSSR count). The Morgan fingerprint density at radius 3 is 2.31 bits per heavy atom. The van der Waals surface area contributed by atoms with Gasteiger partial charge in [0.25, 0.3) is 0 Å². The van der Waals surface area contributed by atoms with Gasteiger partial charge in [-0.25, -0.2) is 4.98 Å². The molecule has 16 heavy (non-hydrogen) atoms. The van der Waals surface area contributed by atoms with E-state index in [2.05, 4.69) is 44.9 Å². The molecule has 1 N–H and O–H groups in total. The van der Waals surface area contributed by atoms with Crippen LogP contribution in [0, 0.1) is 5.41 Å². The van der Waals surface area contributed by atoms with Gasteiger partial charge in [-0.3, -0.25) is 0 Å². The lowest BCUT2D eigenvalue weighted by Crippen LogP contribution is -2.35. The molecule has 0 spiro atoms. The van der Waals surface area contributed by atoms with Crippen molar-refractivity contribution in [1.29, 1.82) is 0 Å². The van der Waals surface area contributed by atoms with Crippen LogP contribution in [0.15, 0.2) is 18.2 Å². The van der Waals surface area contributed by atoms with Crippen LogP contribution >= 0.6 is 11.6 Å². The first-order chi connectivity index (χ1) is 7.18. The molecule has 0 aromatic carbocycles. The monoisotopic (exact) mass is 240 g/mol. The van der Waals surface area contributed by atoms with Gasteiger partial charge in [0.05, 0.1) is 0 Å². The standard InChI is InChI=1S/C13H21ClN2/c1-12(2,3)9-13(4,5)16-11-8-6-7-10(14)15-11/h6-8H,9H2,1-5H3,(H,15,16). The highest BCUT2D eigenvalue weighted by Gasteiger charge is 2.25. The van der Waals surface area contributed by atoms with Crippen molar-refractivity contribution in [2.75, 3.05) is 5.32 Å². The molecule has 2 nitrogen and oxygen atoms in total. The van der Waals surface area contributed by atoms with E-state index >= 15 is 0 Å². The average Bonchev–Trinajstić information content (AvgIpc) is 1.96. The van der Waals surface area contributed by atoms with Crippen LogP contribution < -0.4 is 5.32 Å². The summed E-state index contributed by atoms with van der Waals surface area (Å²) in [6, 6.07) is 5.63. The number of halogens is 1. The molecule has 0 aliphatic rings. The van der Waals surface area contributed by atoms with Gasteiger partial charge in [-0.05, 0) is 37.8 Å². The topological polar surface area (TPSA) is 24.9 Å². The number of aromatic nitrogens is 1. The molecule has 0 atom stereocenters. The summed E-state index contributed by atoms with van der Waals surface area (Å²) in [4.78, 5) is 4.24. The van der Waals surface area contributed by atoms with Gasteiger partial charge in [0.15, 0.2) is 0 Å². The van der Waals surface area contributed by atoms with Crippen molar-refractivity contribution in [2.45, 2.75) is 46.6 Å². The van der Waals surface area contributed by atoms with Crippen molar-refractivity contribution in [3.8, 4) is 0 Å². The molecule has 0 amide bonds. The van der Waals surface area contributed by atoms with Gasteiger partial charge in [-0.15, -0.1) is 0 Å². The molecule has 1 aromatic heterocycles. The van der Waals surface area contributed by atoms with Crippen molar-refractivity contribution in [1.82, 2.24) is 4.98 Å². The summed E-state index contributed by atoms with van der Waals surface area (Å²) < 4.78 is 0. The summed E-state index contributed by atoms with van der Waals surface area (Å²) in [5.74, 6) is 0.835. The molecule has 0 fully saturated rings. The van der Waals surface area contributed by atoms with E-state index < -0.39 is 0 Å². The highest BCUT2D eigenvalue weighted by atomic mass is 35.5. The second kappa shape index (κ2) is 4.62. The third kappa shape index (κ3) is 4.84. The molecule has 0 radical (unpaired) electrons. The predicted molar refractivity (Wildman–Crippen MR) is 71.0 cm³/mol. The Bertz CT molecular complexity index is 353. The van der Waals surface area contributed by atoms with Crippen molar-refractivity contribution in [3.05, 3.63) is 23.4 Å². The van der Waals surface area contributed by atoms with Crippen LogP contribution in [-0.4, -0.2) is 10.5 Å². The molecule has 3 heteroatoms. The summed E-state index contributed by atoms with van der Waals surface area (Å²) >= 11 is 5.86. The Labute approximate surface area is 103 Å². The minimum Gasteiger partial charge on any atom is -0.365 e. The maximum Gasteiger partial charge on any atom is 0.131 e. The van der Waals surface area contributed by atoms with Crippen molar-refractivity contribution < 1.29 is 0 Å². The van der Waals surface area contributed by atoms with Crippen molar-refractivity contribution >= 4 is 17.4 Å². The first-order valence-corrected chi connectivity index (χ1v) is 5.97. The minimum atomic E-state index is 0.00985. The lowest BCUT2D eigenvalue weighted by molar-refractivity contribution is 0.302. The van der Waals surface area contributed by atoms with Gasteiger partial charge in [0.2, 0.25) is 0 Å². The second-order valence-corrected chi connectivity index (χ2v) is 6.48. The van der Waals surface area contributed by atoms with Gasteiger partial charge >= 0.3 is 0 Å². The van der Waals surface area contributed by atoms with E-state index in [1.54, 1.807) is 6.07 Å². The minimum absolute atomic E-state index is 0.00985. The van der Waals surface area contributed by atoms with Gasteiger partial charge < -0.3 is 5.32 Å². The lowest BCUT2D eigenvalue weighted by Gasteiger charge is -2.33. The molecule has 0 aliphatic heterocycles. The highest BCUT2D eigenvalue weighted by Crippen LogP contribution is 2.29. The molecular formula is C13H21ClN2. The number of rotatable bonds is 3. The normalized spacial score (nSPS) is 12.6. The fourth-order valence-electron chi connectivity index (χ4n) is 2.19. The molecule has 0 saturated carbocycles. The summed E-state index contributed by atoms with van der Waals surface area (Å²) in [7, 11) is 0. The van der Waals surface area contributed by atoms with Crippen LogP contribution in [0.2, 0.25) is 5.15 Å². The number of hydrogen-bond donors (Lipinski definition) is 1. The van der Waals surface area contributed by atoms with Gasteiger partial charge in [0.1, 0.15) is 11.0 Å². The molecule has 1 aromatic rings. The number of anilines is 1. The Balaban J connectivity index is 2.72. The lowest BCUT2D eigenvalue weighted by atomic mass is 9.82. The SMILES string of the molecule is CC(C)(C)CC(C)(C)Nc1cccc(Cl)n1. The van der Waals surface area contributed by atoms with E-state index in [9.17, 15) is 0 Å². The fourth-order valence-corrected chi connectivity index (χ4v) is 2.36. The molecule has 90 valence electrons. The number of nitrogens with zero attached hydrogens (tertiary/aromatic N) is 1. The predicted octanol–water partition coefficient (Wildman–Crippen LogP) is 4.36. The Morgan fingerprint density at radius 1 is 1.19 bits per heavy atom. The van der Waals surface area contributed by atoms with Crippen LogP contribution in [0.4, 0.5) is 5.82 Å². The Hall–Kier alpha value is -0.760. The van der Waals surface area contributed by atoms with Crippen LogP contribution in [-0.2, 0) is 0 Å². The first kappa shape index (κ1) is 13.3. The average molecular weight is 241 g/mol. The van der Waals surface area contributed by atoms with Crippen molar-refractivity contribution in [3.63, 3.8) is 0 Å². The molecular weight excluding hydrogens is 220 g/mol. The quantitative estimate of drug-likeness (QED) is 0.794. The number of nitrogens with one attached hydrogen (secondary N) is 1. The summed E-state index contributed by atoms with van der Waals surface area (Å²) in [6.07, 6.45) is 1.06. The van der Waals surface area contributed by atoms with Gasteiger partial charge in [-0.1, -0.05) is 38.4 Å². The summed E-state index contributed by atoms with van der Waals surface area (Å²) in [5, 5.41) is 3.94. The van der Waals surface area contributed by atoms with E-state index in [0.717, 1.165) is 12.2 Å². The van der Waals surface area contributed by atoms with E-state index in [1.165, 1.54) is 0 Å². The zero-order valence-electron chi connectivity index (χ0n) is 10.8. The van der Waals surface area contributed by atoms with Crippen LogP contribution in [0.25, 0.3) is 0 Å². The van der Waals surface area contributed by atoms with E-state index in [0.29, 0.717) is 5.15 Å². The number of hydrogen-bond acceptors (Lipinski definition) is 2. The molecule has 1 heterocycles. The maximum atomic E-state index is 5.86. The van der Waals surface area contributed by atoms with Gasteiger partial charge in [-0.2, -0.15) is 0 Å². The highest BCUT2D eigenvalue weighted by molar-refractivity contribution is 6.29. The largest absolute Gasteiger partial charge is 0.365 e. The third-order valence-corrected chi connectivity index (χ3v) is 2.36. The Morgan fingerprint density at radius 2 is 1.81 bits per heavy atom. The summed E-state index contributed by atoms with van der Waals surface area (Å²) in [6.45, 7) is 11.1. The van der Waals surface area contributed by atoms with Gasteiger partial charge in [0, 0.05) is 5.54 Å². The molecule has 0 saturated heterocycles. The van der Waals surface area contributed by atoms with E-state index in [1.807, 2.05) is 12.1 Å². The van der Waals surface area contributed by atoms with E-state index in [-0.39, 0.29) is 11.0 Å². The van der Waals surface area contributed by atoms with Crippen molar-refractivity contribution in [2.24, 2.45) is 5.41 Å². The molecule has 0 bridgehead atoms. The second-order valence-electron chi connectivity index (χ2n) is 6.09.